The smallest absolute Gasteiger partial charge is 0.264 e. The van der Waals surface area contributed by atoms with Gasteiger partial charge in [0.15, 0.2) is 0 Å². The Morgan fingerprint density at radius 2 is 1.96 bits per heavy atom. The number of benzene rings is 1. The van der Waals surface area contributed by atoms with Crippen molar-refractivity contribution in [1.29, 1.82) is 0 Å². The Balaban J connectivity index is 1.42. The molecule has 2 bridgehead atoms. The van der Waals surface area contributed by atoms with Crippen LogP contribution in [0.4, 0.5) is 4.39 Å². The summed E-state index contributed by atoms with van der Waals surface area (Å²) in [5.74, 6) is -0.149. The van der Waals surface area contributed by atoms with Gasteiger partial charge >= 0.3 is 0 Å². The number of carbonyl (C=O) groups excluding carboxylic acids is 1. The lowest BCUT2D eigenvalue weighted by molar-refractivity contribution is 0.0538. The van der Waals surface area contributed by atoms with Crippen molar-refractivity contribution in [2.24, 2.45) is 0 Å². The normalized spacial score (nSPS) is 25.6. The fourth-order valence-electron chi connectivity index (χ4n) is 4.46. The minimum Gasteiger partial charge on any atom is -0.334 e. The maximum atomic E-state index is 13.4. The van der Waals surface area contributed by atoms with Gasteiger partial charge in [0.1, 0.15) is 5.82 Å². The van der Waals surface area contributed by atoms with Crippen LogP contribution in [-0.2, 0) is 0 Å². The molecule has 4 nitrogen and oxygen atoms in total. The highest BCUT2D eigenvalue weighted by atomic mass is 32.1. The number of thiophene rings is 1. The third-order valence-corrected chi connectivity index (χ3v) is 6.68. The molecule has 0 N–H and O–H groups in total. The highest BCUT2D eigenvalue weighted by Crippen LogP contribution is 2.42. The molecule has 6 heteroatoms. The number of nitrogens with zero attached hydrogens (tertiary/aromatic N) is 3. The van der Waals surface area contributed by atoms with E-state index >= 15 is 0 Å². The Hall–Kier alpha value is -2.21. The summed E-state index contributed by atoms with van der Waals surface area (Å²) < 4.78 is 16.6. The number of hydrogen-bond donors (Lipinski definition) is 0. The standard InChI is InChI=1S/C19H18FN3OS/c20-13-1-4-17-12(7-13)8-18(25-17)19(24)23-14-2-3-15(23)10-16(9-14)22-6-5-21-11-22/h1,4-8,11,14-16H,2-3,9-10H2. The molecule has 2 saturated heterocycles. The topological polar surface area (TPSA) is 38.1 Å². The van der Waals surface area contributed by atoms with Crippen LogP contribution in [0.3, 0.4) is 0 Å². The molecule has 2 aliphatic rings. The quantitative estimate of drug-likeness (QED) is 0.689. The zero-order valence-electron chi connectivity index (χ0n) is 13.6. The van der Waals surface area contributed by atoms with Crippen molar-refractivity contribution < 1.29 is 9.18 Å². The van der Waals surface area contributed by atoms with Crippen LogP contribution >= 0.6 is 11.3 Å². The first kappa shape index (κ1) is 15.1. The summed E-state index contributed by atoms with van der Waals surface area (Å²) in [6.45, 7) is 0. The third-order valence-electron chi connectivity index (χ3n) is 5.58. The Bertz CT molecular complexity index is 921. The fourth-order valence-corrected chi connectivity index (χ4v) is 5.44. The van der Waals surface area contributed by atoms with Crippen LogP contribution in [0.15, 0.2) is 43.0 Å². The maximum absolute atomic E-state index is 13.4. The SMILES string of the molecule is O=C(c1cc2cc(F)ccc2s1)N1C2CCC1CC(n1ccnc1)C2. The number of fused-ring (bicyclic) bond motifs is 3. The van der Waals surface area contributed by atoms with Crippen molar-refractivity contribution in [3.63, 3.8) is 0 Å². The number of halogens is 1. The molecule has 2 aromatic heterocycles. The molecule has 128 valence electrons. The van der Waals surface area contributed by atoms with Crippen molar-refractivity contribution in [2.75, 3.05) is 0 Å². The number of aromatic nitrogens is 2. The van der Waals surface area contributed by atoms with E-state index < -0.39 is 0 Å². The van der Waals surface area contributed by atoms with Crippen LogP contribution in [0.2, 0.25) is 0 Å². The van der Waals surface area contributed by atoms with Crippen LogP contribution in [0.5, 0.6) is 0 Å². The molecule has 0 saturated carbocycles. The van der Waals surface area contributed by atoms with E-state index in [1.807, 2.05) is 24.8 Å². The van der Waals surface area contributed by atoms with Crippen molar-refractivity contribution >= 4 is 27.3 Å². The second kappa shape index (κ2) is 5.66. The summed E-state index contributed by atoms with van der Waals surface area (Å²) in [5, 5.41) is 0.814. The summed E-state index contributed by atoms with van der Waals surface area (Å²) in [6, 6.07) is 7.57. The highest BCUT2D eigenvalue weighted by Gasteiger charge is 2.44. The van der Waals surface area contributed by atoms with Gasteiger partial charge in [-0.2, -0.15) is 0 Å². The highest BCUT2D eigenvalue weighted by molar-refractivity contribution is 7.20. The molecule has 3 aromatic rings. The van der Waals surface area contributed by atoms with Gasteiger partial charge in [-0.1, -0.05) is 0 Å². The molecule has 4 heterocycles. The van der Waals surface area contributed by atoms with Crippen LogP contribution in [0.25, 0.3) is 10.1 Å². The first-order chi connectivity index (χ1) is 12.2. The fraction of sp³-hybridized carbons (Fsp3) is 0.368. The molecule has 1 amide bonds. The van der Waals surface area contributed by atoms with Gasteiger partial charge in [0.25, 0.3) is 5.91 Å². The average Bonchev–Trinajstić information content (AvgIpc) is 3.32. The lowest BCUT2D eigenvalue weighted by Crippen LogP contribution is -2.46. The van der Waals surface area contributed by atoms with E-state index in [0.29, 0.717) is 18.1 Å². The molecule has 5 rings (SSSR count). The predicted molar refractivity (Wildman–Crippen MR) is 95.3 cm³/mol. The zero-order chi connectivity index (χ0) is 17.0. The van der Waals surface area contributed by atoms with E-state index in [-0.39, 0.29) is 11.7 Å². The minimum absolute atomic E-state index is 0.109. The van der Waals surface area contributed by atoms with E-state index in [2.05, 4.69) is 14.5 Å². The molecule has 1 aromatic carbocycles. The maximum Gasteiger partial charge on any atom is 0.264 e. The first-order valence-electron chi connectivity index (χ1n) is 8.68. The van der Waals surface area contributed by atoms with Gasteiger partial charge in [-0.25, -0.2) is 9.37 Å². The van der Waals surface area contributed by atoms with Crippen molar-refractivity contribution in [3.8, 4) is 0 Å². The summed E-state index contributed by atoms with van der Waals surface area (Å²) in [7, 11) is 0. The predicted octanol–water partition coefficient (Wildman–Crippen LogP) is 4.25. The molecule has 2 aliphatic heterocycles. The summed E-state index contributed by atoms with van der Waals surface area (Å²) in [5.41, 5.74) is 0. The molecule has 0 aliphatic carbocycles. The first-order valence-corrected chi connectivity index (χ1v) is 9.50. The molecular formula is C19H18FN3OS. The number of piperidine rings is 1. The zero-order valence-corrected chi connectivity index (χ0v) is 14.5. The lowest BCUT2D eigenvalue weighted by atomic mass is 9.97. The lowest BCUT2D eigenvalue weighted by Gasteiger charge is -2.39. The number of amides is 1. The van der Waals surface area contributed by atoms with Crippen LogP contribution in [0.1, 0.15) is 41.4 Å². The number of hydrogen-bond acceptors (Lipinski definition) is 3. The van der Waals surface area contributed by atoms with Crippen LogP contribution in [0, 0.1) is 5.82 Å². The van der Waals surface area contributed by atoms with Crippen molar-refractivity contribution in [2.45, 2.75) is 43.8 Å². The molecule has 2 atom stereocenters. The Labute approximate surface area is 148 Å². The van der Waals surface area contributed by atoms with Gasteiger partial charge < -0.3 is 9.47 Å². The monoisotopic (exact) mass is 355 g/mol. The molecule has 0 spiro atoms. The number of imidazole rings is 1. The second-order valence-corrected chi connectivity index (χ2v) is 8.11. The Kier molecular flexibility index (Phi) is 3.41. The minimum atomic E-state index is -0.259. The summed E-state index contributed by atoms with van der Waals surface area (Å²) in [4.78, 5) is 20.1. The van der Waals surface area contributed by atoms with Crippen molar-refractivity contribution in [3.05, 3.63) is 53.7 Å². The summed E-state index contributed by atoms with van der Waals surface area (Å²) >= 11 is 1.47. The molecule has 25 heavy (non-hydrogen) atoms. The van der Waals surface area contributed by atoms with Gasteiger partial charge in [0.05, 0.1) is 11.2 Å². The van der Waals surface area contributed by atoms with E-state index in [9.17, 15) is 9.18 Å². The molecular weight excluding hydrogens is 337 g/mol. The Morgan fingerprint density at radius 1 is 1.16 bits per heavy atom. The molecule has 2 unspecified atom stereocenters. The van der Waals surface area contributed by atoms with Gasteiger partial charge in [-0.15, -0.1) is 11.3 Å². The average molecular weight is 355 g/mol. The summed E-state index contributed by atoms with van der Waals surface area (Å²) in [6.07, 6.45) is 9.82. The van der Waals surface area contributed by atoms with E-state index in [1.54, 1.807) is 6.07 Å². The van der Waals surface area contributed by atoms with E-state index in [1.165, 1.54) is 23.5 Å². The number of carbonyl (C=O) groups is 1. The van der Waals surface area contributed by atoms with Crippen LogP contribution < -0.4 is 0 Å². The van der Waals surface area contributed by atoms with E-state index in [0.717, 1.165) is 40.6 Å². The molecule has 0 radical (unpaired) electrons. The Morgan fingerprint density at radius 3 is 2.68 bits per heavy atom. The molecule has 2 fully saturated rings. The van der Waals surface area contributed by atoms with Gasteiger partial charge in [-0.3, -0.25) is 4.79 Å². The van der Waals surface area contributed by atoms with Gasteiger partial charge in [-0.05, 0) is 55.3 Å². The van der Waals surface area contributed by atoms with Crippen LogP contribution in [-0.4, -0.2) is 32.4 Å². The van der Waals surface area contributed by atoms with E-state index in [4.69, 9.17) is 0 Å². The second-order valence-electron chi connectivity index (χ2n) is 7.03. The van der Waals surface area contributed by atoms with Crippen molar-refractivity contribution in [1.82, 2.24) is 14.5 Å². The van der Waals surface area contributed by atoms with Gasteiger partial charge in [0.2, 0.25) is 0 Å². The largest absolute Gasteiger partial charge is 0.334 e. The van der Waals surface area contributed by atoms with Gasteiger partial charge in [0, 0.05) is 35.2 Å². The number of rotatable bonds is 2. The third kappa shape index (κ3) is 2.47.